The maximum atomic E-state index is 13.1. The van der Waals surface area contributed by atoms with Crippen molar-refractivity contribution in [3.05, 3.63) is 63.9 Å². The number of halogens is 2. The van der Waals surface area contributed by atoms with Crippen LogP contribution in [0.3, 0.4) is 0 Å². The molecule has 1 N–H and O–H groups in total. The summed E-state index contributed by atoms with van der Waals surface area (Å²) in [5.74, 6) is -0.931. The lowest BCUT2D eigenvalue weighted by atomic mass is 9.99. The summed E-state index contributed by atoms with van der Waals surface area (Å²) in [5.41, 5.74) is 2.94. The largest absolute Gasteiger partial charge is 0.326 e. The number of Topliss-reactive ketones (excluding diaryl/α,β-unsaturated/α-hetero) is 1. The summed E-state index contributed by atoms with van der Waals surface area (Å²) in [7, 11) is 0. The Balaban J connectivity index is 1.94. The van der Waals surface area contributed by atoms with Crippen LogP contribution in [0.15, 0.2) is 36.4 Å². The summed E-state index contributed by atoms with van der Waals surface area (Å²) in [5, 5.41) is 2.54. The molecule has 0 aliphatic heterocycles. The van der Waals surface area contributed by atoms with Gasteiger partial charge in [0.05, 0.1) is 5.02 Å². The number of benzene rings is 2. The van der Waals surface area contributed by atoms with Crippen LogP contribution in [0.4, 0.5) is 10.1 Å². The fraction of sp³-hybridized carbons (Fsp3) is 0.222. The molecule has 3 nitrogen and oxygen atoms in total. The predicted octanol–water partition coefficient (Wildman–Crippen LogP) is 4.70. The molecule has 0 heterocycles. The average molecular weight is 334 g/mol. The summed E-state index contributed by atoms with van der Waals surface area (Å²) >= 11 is 5.66. The predicted molar refractivity (Wildman–Crippen MR) is 89.5 cm³/mol. The van der Waals surface area contributed by atoms with Gasteiger partial charge in [0.1, 0.15) is 5.82 Å². The maximum absolute atomic E-state index is 13.1. The first kappa shape index (κ1) is 17.2. The van der Waals surface area contributed by atoms with Crippen molar-refractivity contribution in [2.24, 2.45) is 0 Å². The Morgan fingerprint density at radius 2 is 1.83 bits per heavy atom. The van der Waals surface area contributed by atoms with E-state index in [2.05, 4.69) is 5.32 Å². The van der Waals surface area contributed by atoms with Gasteiger partial charge in [-0.15, -0.1) is 0 Å². The minimum atomic E-state index is -0.547. The second-order valence-corrected chi connectivity index (χ2v) is 5.83. The van der Waals surface area contributed by atoms with E-state index < -0.39 is 5.82 Å². The molecule has 0 bridgehead atoms. The van der Waals surface area contributed by atoms with Gasteiger partial charge in [0.2, 0.25) is 5.91 Å². The zero-order valence-electron chi connectivity index (χ0n) is 13.0. The van der Waals surface area contributed by atoms with Crippen molar-refractivity contribution in [3.8, 4) is 0 Å². The molecule has 0 fully saturated rings. The molecule has 5 heteroatoms. The quantitative estimate of drug-likeness (QED) is 0.806. The first-order valence-electron chi connectivity index (χ1n) is 7.22. The number of carbonyl (C=O) groups is 2. The first-order valence-corrected chi connectivity index (χ1v) is 7.60. The fourth-order valence-corrected chi connectivity index (χ4v) is 2.38. The van der Waals surface area contributed by atoms with Crippen LogP contribution in [-0.2, 0) is 4.79 Å². The smallest absolute Gasteiger partial charge is 0.224 e. The van der Waals surface area contributed by atoms with Gasteiger partial charge < -0.3 is 5.32 Å². The van der Waals surface area contributed by atoms with Crippen molar-refractivity contribution < 1.29 is 14.0 Å². The van der Waals surface area contributed by atoms with Crippen molar-refractivity contribution in [2.75, 3.05) is 5.32 Å². The van der Waals surface area contributed by atoms with Crippen LogP contribution in [0.2, 0.25) is 5.02 Å². The third kappa shape index (κ3) is 4.63. The van der Waals surface area contributed by atoms with Crippen molar-refractivity contribution in [2.45, 2.75) is 26.7 Å². The highest BCUT2D eigenvalue weighted by Gasteiger charge is 2.12. The summed E-state index contributed by atoms with van der Waals surface area (Å²) in [6, 6.07) is 9.60. The highest BCUT2D eigenvalue weighted by Crippen LogP contribution is 2.20. The SMILES string of the molecule is Cc1ccc(C)c(C(=O)CCC(=O)Nc2ccc(F)c(Cl)c2)c1. The molecule has 0 aromatic heterocycles. The molecular weight excluding hydrogens is 317 g/mol. The normalized spacial score (nSPS) is 10.4. The number of carbonyl (C=O) groups excluding carboxylic acids is 2. The van der Waals surface area contributed by atoms with Gasteiger partial charge in [-0.1, -0.05) is 29.3 Å². The van der Waals surface area contributed by atoms with Gasteiger partial charge in [-0.2, -0.15) is 0 Å². The molecule has 1 amide bonds. The summed E-state index contributed by atoms with van der Waals surface area (Å²) in [6.45, 7) is 3.79. The van der Waals surface area contributed by atoms with E-state index >= 15 is 0 Å². The number of rotatable bonds is 5. The molecular formula is C18H17ClFNO2. The third-order valence-corrected chi connectivity index (χ3v) is 3.77. The van der Waals surface area contributed by atoms with Gasteiger partial charge in [0, 0.05) is 24.1 Å². The molecule has 120 valence electrons. The van der Waals surface area contributed by atoms with Crippen molar-refractivity contribution in [1.29, 1.82) is 0 Å². The van der Waals surface area contributed by atoms with Gasteiger partial charge in [0.25, 0.3) is 0 Å². The van der Waals surface area contributed by atoms with Gasteiger partial charge in [0.15, 0.2) is 5.78 Å². The topological polar surface area (TPSA) is 46.2 Å². The molecule has 0 radical (unpaired) electrons. The number of hydrogen-bond acceptors (Lipinski definition) is 2. The Morgan fingerprint density at radius 3 is 2.52 bits per heavy atom. The fourth-order valence-electron chi connectivity index (χ4n) is 2.20. The molecule has 0 spiro atoms. The highest BCUT2D eigenvalue weighted by molar-refractivity contribution is 6.31. The monoisotopic (exact) mass is 333 g/mol. The van der Waals surface area contributed by atoms with E-state index in [-0.39, 0.29) is 29.6 Å². The van der Waals surface area contributed by atoms with E-state index in [0.717, 1.165) is 11.1 Å². The number of hydrogen-bond donors (Lipinski definition) is 1. The first-order chi connectivity index (χ1) is 10.9. The Hall–Kier alpha value is -2.20. The number of amides is 1. The molecule has 2 rings (SSSR count). The lowest BCUT2D eigenvalue weighted by Crippen LogP contribution is -2.14. The molecule has 0 atom stereocenters. The van der Waals surface area contributed by atoms with Crippen LogP contribution < -0.4 is 5.32 Å². The Morgan fingerprint density at radius 1 is 1.09 bits per heavy atom. The maximum Gasteiger partial charge on any atom is 0.224 e. The lowest BCUT2D eigenvalue weighted by molar-refractivity contribution is -0.116. The average Bonchev–Trinajstić information content (AvgIpc) is 2.51. The highest BCUT2D eigenvalue weighted by atomic mass is 35.5. The van der Waals surface area contributed by atoms with Gasteiger partial charge >= 0.3 is 0 Å². The van der Waals surface area contributed by atoms with E-state index in [4.69, 9.17) is 11.6 Å². The van der Waals surface area contributed by atoms with Gasteiger partial charge in [-0.05, 0) is 43.7 Å². The van der Waals surface area contributed by atoms with Gasteiger partial charge in [-0.3, -0.25) is 9.59 Å². The minimum absolute atomic E-state index is 0.0568. The molecule has 0 unspecified atom stereocenters. The van der Waals surface area contributed by atoms with E-state index in [1.54, 1.807) is 0 Å². The van der Waals surface area contributed by atoms with Crippen LogP contribution in [0, 0.1) is 19.7 Å². The Kier molecular flexibility index (Phi) is 5.50. The van der Waals surface area contributed by atoms with E-state index in [9.17, 15) is 14.0 Å². The van der Waals surface area contributed by atoms with Crippen molar-refractivity contribution in [1.82, 2.24) is 0 Å². The molecule has 0 aliphatic carbocycles. The zero-order chi connectivity index (χ0) is 17.0. The zero-order valence-corrected chi connectivity index (χ0v) is 13.7. The van der Waals surface area contributed by atoms with Crippen molar-refractivity contribution in [3.63, 3.8) is 0 Å². The van der Waals surface area contributed by atoms with Crippen LogP contribution >= 0.6 is 11.6 Å². The van der Waals surface area contributed by atoms with E-state index in [1.165, 1.54) is 18.2 Å². The van der Waals surface area contributed by atoms with Crippen LogP contribution in [0.1, 0.15) is 34.3 Å². The molecule has 0 saturated heterocycles. The number of nitrogens with one attached hydrogen (secondary N) is 1. The molecule has 2 aromatic carbocycles. The standard InChI is InChI=1S/C18H17ClFNO2/c1-11-3-4-12(2)14(9-11)17(22)7-8-18(23)21-13-5-6-16(20)15(19)10-13/h3-6,9-10H,7-8H2,1-2H3,(H,21,23). The number of ketones is 1. The van der Waals surface area contributed by atoms with Crippen LogP contribution in [0.25, 0.3) is 0 Å². The molecule has 23 heavy (non-hydrogen) atoms. The van der Waals surface area contributed by atoms with Crippen molar-refractivity contribution >= 4 is 29.0 Å². The molecule has 0 saturated carbocycles. The summed E-state index contributed by atoms with van der Waals surface area (Å²) in [6.07, 6.45) is 0.173. The second kappa shape index (κ2) is 7.38. The van der Waals surface area contributed by atoms with E-state index in [0.29, 0.717) is 11.3 Å². The van der Waals surface area contributed by atoms with Crippen LogP contribution in [0.5, 0.6) is 0 Å². The van der Waals surface area contributed by atoms with Gasteiger partial charge in [-0.25, -0.2) is 4.39 Å². The number of anilines is 1. The Bertz CT molecular complexity index is 759. The third-order valence-electron chi connectivity index (χ3n) is 3.48. The molecule has 2 aromatic rings. The van der Waals surface area contributed by atoms with E-state index in [1.807, 2.05) is 32.0 Å². The molecule has 0 aliphatic rings. The minimum Gasteiger partial charge on any atom is -0.326 e. The summed E-state index contributed by atoms with van der Waals surface area (Å²) < 4.78 is 13.1. The number of aryl methyl sites for hydroxylation is 2. The Labute approximate surface area is 139 Å². The van der Waals surface area contributed by atoms with Crippen LogP contribution in [-0.4, -0.2) is 11.7 Å². The second-order valence-electron chi connectivity index (χ2n) is 5.42. The summed E-state index contributed by atoms with van der Waals surface area (Å²) in [4.78, 5) is 24.1. The lowest BCUT2D eigenvalue weighted by Gasteiger charge is -2.08.